The van der Waals surface area contributed by atoms with Crippen LogP contribution in [0.1, 0.15) is 86.0 Å². The van der Waals surface area contributed by atoms with Crippen molar-refractivity contribution in [1.82, 2.24) is 19.9 Å². The van der Waals surface area contributed by atoms with Crippen molar-refractivity contribution in [3.8, 4) is 0 Å². The van der Waals surface area contributed by atoms with Gasteiger partial charge in [-0.05, 0) is 47.9 Å². The van der Waals surface area contributed by atoms with Crippen LogP contribution in [0.3, 0.4) is 0 Å². The minimum atomic E-state index is 0.558. The van der Waals surface area contributed by atoms with Gasteiger partial charge in [-0.1, -0.05) is 45.2 Å². The van der Waals surface area contributed by atoms with Crippen LogP contribution < -0.4 is 0 Å². The van der Waals surface area contributed by atoms with Crippen LogP contribution in [0, 0.1) is 0 Å². The Bertz CT molecular complexity index is 997. The molecule has 3 aromatic rings. The summed E-state index contributed by atoms with van der Waals surface area (Å²) in [5.41, 5.74) is 6.64. The normalized spacial score (nSPS) is 18.4. The quantitative estimate of drug-likeness (QED) is 0.625. The van der Waals surface area contributed by atoms with E-state index in [2.05, 4.69) is 54.3 Å². The summed E-state index contributed by atoms with van der Waals surface area (Å²) >= 11 is 0. The summed E-state index contributed by atoms with van der Waals surface area (Å²) in [6, 6.07) is 6.87. The number of aromatic amines is 1. The van der Waals surface area contributed by atoms with E-state index in [1.807, 2.05) is 0 Å². The first-order valence-electron chi connectivity index (χ1n) is 11.3. The Kier molecular flexibility index (Phi) is 5.13. The van der Waals surface area contributed by atoms with E-state index in [9.17, 15) is 0 Å². The van der Waals surface area contributed by atoms with Gasteiger partial charge in [0.15, 0.2) is 0 Å². The van der Waals surface area contributed by atoms with Crippen molar-refractivity contribution in [1.29, 1.82) is 0 Å². The predicted molar refractivity (Wildman–Crippen MR) is 118 cm³/mol. The van der Waals surface area contributed by atoms with Gasteiger partial charge in [-0.3, -0.25) is 4.90 Å². The molecule has 1 aromatic carbocycles. The van der Waals surface area contributed by atoms with Crippen LogP contribution >= 0.6 is 0 Å². The molecule has 0 radical (unpaired) electrons. The molecule has 1 saturated carbocycles. The molecule has 0 bridgehead atoms. The number of aromatic nitrogens is 3. The van der Waals surface area contributed by atoms with Crippen LogP contribution in [0.15, 0.2) is 30.6 Å². The highest BCUT2D eigenvalue weighted by Gasteiger charge is 2.23. The standard InChI is InChI=1S/C25H32N4/c1-17(2)19-8-9-22-21(14-26-23(22)12-19)15-29-11-10-20-13-27-25(28-24(20)16-29)18-6-4-3-5-7-18/h8-9,12-14,17-18,26H,3-7,10-11,15-16H2,1-2H3. The lowest BCUT2D eigenvalue weighted by Crippen LogP contribution is -2.31. The van der Waals surface area contributed by atoms with Crippen LogP contribution in [0.4, 0.5) is 0 Å². The number of hydrogen-bond acceptors (Lipinski definition) is 3. The first kappa shape index (κ1) is 18.8. The van der Waals surface area contributed by atoms with Crippen molar-refractivity contribution in [3.63, 3.8) is 0 Å². The molecule has 4 heteroatoms. The molecule has 29 heavy (non-hydrogen) atoms. The van der Waals surface area contributed by atoms with E-state index in [0.717, 1.165) is 31.9 Å². The fourth-order valence-electron chi connectivity index (χ4n) is 5.00. The molecule has 1 fully saturated rings. The Balaban J connectivity index is 1.33. The zero-order chi connectivity index (χ0) is 19.8. The van der Waals surface area contributed by atoms with Gasteiger partial charge in [0, 0.05) is 48.8 Å². The van der Waals surface area contributed by atoms with E-state index >= 15 is 0 Å². The minimum absolute atomic E-state index is 0.558. The second-order valence-electron chi connectivity index (χ2n) is 9.27. The zero-order valence-electron chi connectivity index (χ0n) is 17.7. The van der Waals surface area contributed by atoms with Crippen molar-refractivity contribution in [2.45, 2.75) is 77.3 Å². The third-order valence-electron chi connectivity index (χ3n) is 6.87. The second kappa shape index (κ2) is 7.91. The lowest BCUT2D eigenvalue weighted by Gasteiger charge is -2.29. The van der Waals surface area contributed by atoms with Crippen molar-refractivity contribution >= 4 is 10.9 Å². The second-order valence-corrected chi connectivity index (χ2v) is 9.27. The summed E-state index contributed by atoms with van der Waals surface area (Å²) in [7, 11) is 0. The van der Waals surface area contributed by atoms with Gasteiger partial charge < -0.3 is 4.98 Å². The van der Waals surface area contributed by atoms with Gasteiger partial charge in [-0.15, -0.1) is 0 Å². The summed E-state index contributed by atoms with van der Waals surface area (Å²) in [6.45, 7) is 7.49. The van der Waals surface area contributed by atoms with E-state index in [1.54, 1.807) is 0 Å². The third kappa shape index (κ3) is 3.83. The Morgan fingerprint density at radius 3 is 2.86 bits per heavy atom. The smallest absolute Gasteiger partial charge is 0.131 e. The Labute approximate surface area is 173 Å². The lowest BCUT2D eigenvalue weighted by atomic mass is 9.88. The molecule has 0 saturated heterocycles. The largest absolute Gasteiger partial charge is 0.361 e. The summed E-state index contributed by atoms with van der Waals surface area (Å²) in [5.74, 6) is 2.23. The maximum Gasteiger partial charge on any atom is 0.131 e. The maximum atomic E-state index is 5.05. The number of hydrogen-bond donors (Lipinski definition) is 1. The summed E-state index contributed by atoms with van der Waals surface area (Å²) < 4.78 is 0. The summed E-state index contributed by atoms with van der Waals surface area (Å²) in [4.78, 5) is 15.8. The molecule has 0 amide bonds. The molecule has 0 spiro atoms. The molecule has 152 valence electrons. The number of benzene rings is 1. The lowest BCUT2D eigenvalue weighted by molar-refractivity contribution is 0.241. The van der Waals surface area contributed by atoms with Crippen molar-refractivity contribution in [2.24, 2.45) is 0 Å². The van der Waals surface area contributed by atoms with Gasteiger partial charge in [-0.25, -0.2) is 9.97 Å². The van der Waals surface area contributed by atoms with Gasteiger partial charge in [0.1, 0.15) is 5.82 Å². The highest BCUT2D eigenvalue weighted by molar-refractivity contribution is 5.83. The van der Waals surface area contributed by atoms with Gasteiger partial charge in [0.2, 0.25) is 0 Å². The van der Waals surface area contributed by atoms with Gasteiger partial charge >= 0.3 is 0 Å². The Hall–Kier alpha value is -2.20. The average molecular weight is 389 g/mol. The molecule has 1 N–H and O–H groups in total. The fourth-order valence-corrected chi connectivity index (χ4v) is 5.00. The highest BCUT2D eigenvalue weighted by atomic mass is 15.1. The van der Waals surface area contributed by atoms with Crippen molar-refractivity contribution < 1.29 is 0 Å². The van der Waals surface area contributed by atoms with Crippen LogP contribution in [0.25, 0.3) is 10.9 Å². The average Bonchev–Trinajstić information content (AvgIpc) is 3.16. The van der Waals surface area contributed by atoms with Crippen molar-refractivity contribution in [3.05, 3.63) is 58.8 Å². The van der Waals surface area contributed by atoms with E-state index in [-0.39, 0.29) is 0 Å². The van der Waals surface area contributed by atoms with Crippen LogP contribution in [-0.2, 0) is 19.5 Å². The number of fused-ring (bicyclic) bond motifs is 2. The molecular weight excluding hydrogens is 356 g/mol. The number of nitrogens with one attached hydrogen (secondary N) is 1. The van der Waals surface area contributed by atoms with Crippen molar-refractivity contribution in [2.75, 3.05) is 6.54 Å². The zero-order valence-corrected chi connectivity index (χ0v) is 17.7. The fraction of sp³-hybridized carbons (Fsp3) is 0.520. The Morgan fingerprint density at radius 2 is 2.03 bits per heavy atom. The molecule has 1 aliphatic carbocycles. The summed E-state index contributed by atoms with van der Waals surface area (Å²) in [5, 5.41) is 1.35. The van der Waals surface area contributed by atoms with Gasteiger partial charge in [0.05, 0.1) is 5.69 Å². The molecule has 3 heterocycles. The van der Waals surface area contributed by atoms with E-state index in [0.29, 0.717) is 11.8 Å². The molecule has 4 nitrogen and oxygen atoms in total. The molecule has 0 atom stereocenters. The first-order chi connectivity index (χ1) is 14.2. The molecule has 2 aromatic heterocycles. The predicted octanol–water partition coefficient (Wildman–Crippen LogP) is 5.69. The molecular formula is C25H32N4. The van der Waals surface area contributed by atoms with Gasteiger partial charge in [0.25, 0.3) is 0 Å². The molecule has 0 unspecified atom stereocenters. The number of nitrogens with zero attached hydrogens (tertiary/aromatic N) is 3. The minimum Gasteiger partial charge on any atom is -0.361 e. The van der Waals surface area contributed by atoms with Crippen LogP contribution in [-0.4, -0.2) is 26.4 Å². The molecule has 2 aliphatic rings. The monoisotopic (exact) mass is 388 g/mol. The third-order valence-corrected chi connectivity index (χ3v) is 6.87. The topological polar surface area (TPSA) is 44.8 Å². The van der Waals surface area contributed by atoms with E-state index in [4.69, 9.17) is 9.97 Å². The Morgan fingerprint density at radius 1 is 1.17 bits per heavy atom. The van der Waals surface area contributed by atoms with Crippen LogP contribution in [0.2, 0.25) is 0 Å². The highest BCUT2D eigenvalue weighted by Crippen LogP contribution is 2.32. The molecule has 1 aliphatic heterocycles. The van der Waals surface area contributed by atoms with Gasteiger partial charge in [-0.2, -0.15) is 0 Å². The molecule has 5 rings (SSSR count). The maximum absolute atomic E-state index is 5.05. The number of rotatable bonds is 4. The van der Waals surface area contributed by atoms with E-state index < -0.39 is 0 Å². The SMILES string of the molecule is CC(C)c1ccc2c(CN3CCc4cnc(C5CCCCC5)nc4C3)c[nH]c2c1. The van der Waals surface area contributed by atoms with Crippen LogP contribution in [0.5, 0.6) is 0 Å². The summed E-state index contributed by atoms with van der Waals surface area (Å²) in [6.07, 6.45) is 11.9. The first-order valence-corrected chi connectivity index (χ1v) is 11.3. The number of H-pyrrole nitrogens is 1. The van der Waals surface area contributed by atoms with E-state index in [1.165, 1.54) is 65.4 Å².